The minimum Gasteiger partial charge on any atom is -0.480 e. The molecule has 0 saturated heterocycles. The zero-order valence-corrected chi connectivity index (χ0v) is 23.1. The standard InChI is InChI=1S/C28H25FN6O6S/c1-40-26-22(13-32-28(35-26)41-2)15-6-7-21-23(10-15)31-14-24(42(30,38)39)25(21)34-20-9-16(27(36)37)8-19(12-20)33-18-5-3-4-17(29)11-18/h3-14,27,33,36-37H,1-2H3,(H,31,34)(H2,30,38,39). The lowest BCUT2D eigenvalue weighted by atomic mass is 10.0. The summed E-state index contributed by atoms with van der Waals surface area (Å²) in [4.78, 5) is 12.4. The van der Waals surface area contributed by atoms with E-state index < -0.39 is 22.1 Å². The average Bonchev–Trinajstić information content (AvgIpc) is 2.96. The van der Waals surface area contributed by atoms with Crippen molar-refractivity contribution in [1.82, 2.24) is 15.0 Å². The van der Waals surface area contributed by atoms with E-state index in [1.807, 2.05) is 0 Å². The summed E-state index contributed by atoms with van der Waals surface area (Å²) in [7, 11) is -1.36. The van der Waals surface area contributed by atoms with Crippen LogP contribution in [0.25, 0.3) is 22.0 Å². The second kappa shape index (κ2) is 11.5. The molecule has 42 heavy (non-hydrogen) atoms. The number of nitrogens with two attached hydrogens (primary N) is 1. The second-order valence-corrected chi connectivity index (χ2v) is 10.6. The van der Waals surface area contributed by atoms with Crippen molar-refractivity contribution < 1.29 is 32.5 Å². The number of halogens is 1. The molecule has 0 bridgehead atoms. The minimum atomic E-state index is -4.25. The Kier molecular flexibility index (Phi) is 7.87. The predicted octanol–water partition coefficient (Wildman–Crippen LogP) is 3.97. The summed E-state index contributed by atoms with van der Waals surface area (Å²) < 4.78 is 49.3. The third-order valence-corrected chi connectivity index (χ3v) is 7.12. The molecule has 3 aromatic carbocycles. The van der Waals surface area contributed by atoms with Crippen LogP contribution in [0.15, 0.2) is 78.0 Å². The van der Waals surface area contributed by atoms with Crippen LogP contribution in [0.2, 0.25) is 0 Å². The summed E-state index contributed by atoms with van der Waals surface area (Å²) in [5, 5.41) is 31.8. The molecule has 5 aromatic rings. The first-order chi connectivity index (χ1) is 20.0. The Morgan fingerprint density at radius 2 is 1.67 bits per heavy atom. The maximum absolute atomic E-state index is 13.7. The van der Waals surface area contributed by atoms with Crippen LogP contribution in [0.5, 0.6) is 11.9 Å². The first-order valence-corrected chi connectivity index (χ1v) is 13.8. The molecule has 0 aliphatic rings. The number of methoxy groups -OCH3 is 2. The highest BCUT2D eigenvalue weighted by atomic mass is 32.2. The van der Waals surface area contributed by atoms with Gasteiger partial charge in [-0.05, 0) is 48.0 Å². The number of primary sulfonamides is 1. The number of aliphatic hydroxyl groups excluding tert-OH is 1. The average molecular weight is 593 g/mol. The molecular weight excluding hydrogens is 567 g/mol. The number of rotatable bonds is 9. The molecule has 2 aromatic heterocycles. The summed E-state index contributed by atoms with van der Waals surface area (Å²) in [6, 6.07) is 15.4. The highest BCUT2D eigenvalue weighted by Crippen LogP contribution is 2.37. The Balaban J connectivity index is 1.62. The molecule has 14 heteroatoms. The number of aliphatic hydroxyl groups is 2. The zero-order chi connectivity index (χ0) is 30.0. The molecule has 0 radical (unpaired) electrons. The van der Waals surface area contributed by atoms with Crippen molar-refractivity contribution in [1.29, 1.82) is 0 Å². The van der Waals surface area contributed by atoms with Gasteiger partial charge in [0.2, 0.25) is 15.9 Å². The van der Waals surface area contributed by atoms with Gasteiger partial charge in [-0.15, -0.1) is 0 Å². The smallest absolute Gasteiger partial charge is 0.319 e. The first kappa shape index (κ1) is 28.6. The number of nitrogens with zero attached hydrogens (tertiary/aromatic N) is 3. The number of nitrogens with one attached hydrogen (secondary N) is 2. The van der Waals surface area contributed by atoms with Crippen LogP contribution in [0.3, 0.4) is 0 Å². The van der Waals surface area contributed by atoms with Crippen LogP contribution < -0.4 is 25.2 Å². The molecule has 6 N–H and O–H groups in total. The number of hydrogen-bond donors (Lipinski definition) is 5. The molecular formula is C28H25FN6O6S. The number of fused-ring (bicyclic) bond motifs is 1. The summed E-state index contributed by atoms with van der Waals surface area (Å²) in [5.41, 5.74) is 2.84. The van der Waals surface area contributed by atoms with E-state index in [4.69, 9.17) is 14.6 Å². The maximum atomic E-state index is 13.7. The number of sulfonamides is 1. The Bertz CT molecular complexity index is 1900. The molecule has 2 heterocycles. The normalized spacial score (nSPS) is 11.5. The van der Waals surface area contributed by atoms with E-state index in [1.54, 1.807) is 30.3 Å². The minimum absolute atomic E-state index is 0.0864. The molecule has 0 atom stereocenters. The van der Waals surface area contributed by atoms with Gasteiger partial charge in [0.05, 0.1) is 31.0 Å². The van der Waals surface area contributed by atoms with Gasteiger partial charge in [-0.1, -0.05) is 18.2 Å². The topological polar surface area (TPSA) is 182 Å². The Hall–Kier alpha value is -4.89. The van der Waals surface area contributed by atoms with Gasteiger partial charge in [0, 0.05) is 40.4 Å². The van der Waals surface area contributed by atoms with Crippen LogP contribution in [-0.2, 0) is 10.0 Å². The highest BCUT2D eigenvalue weighted by Gasteiger charge is 2.20. The number of hydrogen-bond acceptors (Lipinski definition) is 11. The molecule has 12 nitrogen and oxygen atoms in total. The largest absolute Gasteiger partial charge is 0.480 e. The van der Waals surface area contributed by atoms with E-state index in [9.17, 15) is 23.0 Å². The first-order valence-electron chi connectivity index (χ1n) is 12.3. The quantitative estimate of drug-likeness (QED) is 0.156. The molecule has 0 saturated carbocycles. The van der Waals surface area contributed by atoms with E-state index in [0.29, 0.717) is 33.4 Å². The SMILES string of the molecule is COc1ncc(-c2ccc3c(Nc4cc(Nc5cccc(F)c5)cc(C(O)O)c4)c(S(N)(=O)=O)cnc3c2)c(OC)n1. The van der Waals surface area contributed by atoms with E-state index in [2.05, 4.69) is 25.6 Å². The summed E-state index contributed by atoms with van der Waals surface area (Å²) in [6.45, 7) is 0. The number of aromatic nitrogens is 3. The van der Waals surface area contributed by atoms with Crippen LogP contribution in [0.1, 0.15) is 11.9 Å². The van der Waals surface area contributed by atoms with Gasteiger partial charge in [0.15, 0.2) is 6.29 Å². The van der Waals surface area contributed by atoms with Crippen molar-refractivity contribution >= 4 is 43.7 Å². The Labute approximate surface area is 239 Å². The molecule has 0 spiro atoms. The fourth-order valence-corrected chi connectivity index (χ4v) is 4.96. The lowest BCUT2D eigenvalue weighted by molar-refractivity contribution is -0.0424. The number of ether oxygens (including phenoxy) is 2. The third-order valence-electron chi connectivity index (χ3n) is 6.20. The van der Waals surface area contributed by atoms with Gasteiger partial charge < -0.3 is 30.3 Å². The Morgan fingerprint density at radius 3 is 2.33 bits per heavy atom. The van der Waals surface area contributed by atoms with E-state index >= 15 is 0 Å². The molecule has 5 rings (SSSR count). The molecule has 0 unspecified atom stereocenters. The van der Waals surface area contributed by atoms with Gasteiger partial charge in [0.25, 0.3) is 0 Å². The van der Waals surface area contributed by atoms with Gasteiger partial charge in [0.1, 0.15) is 10.7 Å². The van der Waals surface area contributed by atoms with Crippen molar-refractivity contribution in [3.8, 4) is 23.0 Å². The highest BCUT2D eigenvalue weighted by molar-refractivity contribution is 7.89. The summed E-state index contributed by atoms with van der Waals surface area (Å²) in [5.74, 6) is -0.200. The van der Waals surface area contributed by atoms with Crippen molar-refractivity contribution in [3.63, 3.8) is 0 Å². The lowest BCUT2D eigenvalue weighted by Crippen LogP contribution is -2.15. The number of pyridine rings is 1. The molecule has 0 aliphatic carbocycles. The molecule has 0 fully saturated rings. The van der Waals surface area contributed by atoms with Crippen LogP contribution in [0.4, 0.5) is 27.1 Å². The summed E-state index contributed by atoms with van der Waals surface area (Å²) in [6.07, 6.45) is 0.806. The lowest BCUT2D eigenvalue weighted by Gasteiger charge is -2.17. The number of anilines is 4. The third kappa shape index (κ3) is 6.06. The van der Waals surface area contributed by atoms with Crippen molar-refractivity contribution in [2.24, 2.45) is 5.14 Å². The summed E-state index contributed by atoms with van der Waals surface area (Å²) >= 11 is 0. The number of benzene rings is 3. The van der Waals surface area contributed by atoms with Crippen LogP contribution in [0, 0.1) is 5.82 Å². The van der Waals surface area contributed by atoms with E-state index in [1.165, 1.54) is 50.7 Å². The second-order valence-electron chi connectivity index (χ2n) is 9.03. The van der Waals surface area contributed by atoms with Crippen LogP contribution in [-0.4, -0.2) is 47.8 Å². The molecule has 216 valence electrons. The van der Waals surface area contributed by atoms with Gasteiger partial charge in [-0.25, -0.2) is 22.9 Å². The van der Waals surface area contributed by atoms with Gasteiger partial charge in [-0.3, -0.25) is 4.98 Å². The molecule has 0 amide bonds. The monoisotopic (exact) mass is 592 g/mol. The fourth-order valence-electron chi connectivity index (χ4n) is 4.31. The van der Waals surface area contributed by atoms with Crippen molar-refractivity contribution in [2.45, 2.75) is 11.2 Å². The van der Waals surface area contributed by atoms with Gasteiger partial charge in [-0.2, -0.15) is 4.98 Å². The van der Waals surface area contributed by atoms with E-state index in [0.717, 1.165) is 6.20 Å². The Morgan fingerprint density at radius 1 is 0.905 bits per heavy atom. The maximum Gasteiger partial charge on any atom is 0.319 e. The van der Waals surface area contributed by atoms with Crippen molar-refractivity contribution in [3.05, 3.63) is 84.4 Å². The predicted molar refractivity (Wildman–Crippen MR) is 154 cm³/mol. The van der Waals surface area contributed by atoms with Crippen molar-refractivity contribution in [2.75, 3.05) is 24.9 Å². The van der Waals surface area contributed by atoms with Crippen LogP contribution >= 0.6 is 0 Å². The van der Waals surface area contributed by atoms with E-state index in [-0.39, 0.29) is 33.7 Å². The zero-order valence-electron chi connectivity index (χ0n) is 22.2. The molecule has 0 aliphatic heterocycles. The van der Waals surface area contributed by atoms with Gasteiger partial charge >= 0.3 is 6.01 Å². The fraction of sp³-hybridized carbons (Fsp3) is 0.107.